The summed E-state index contributed by atoms with van der Waals surface area (Å²) in [6, 6.07) is 17.2. The summed E-state index contributed by atoms with van der Waals surface area (Å²) in [5.74, 6) is 6.13. The van der Waals surface area contributed by atoms with Gasteiger partial charge < -0.3 is 5.32 Å². The number of carbonyl (C=O) groups excluding carboxylic acids is 1. The minimum Gasteiger partial charge on any atom is -0.352 e. The molecule has 1 aromatic heterocycles. The monoisotopic (exact) mass is 329 g/mol. The lowest BCUT2D eigenvalue weighted by Gasteiger charge is -2.05. The molecule has 0 unspecified atom stereocenters. The van der Waals surface area contributed by atoms with Crippen molar-refractivity contribution < 1.29 is 4.79 Å². The van der Waals surface area contributed by atoms with Gasteiger partial charge in [0.05, 0.1) is 6.20 Å². The van der Waals surface area contributed by atoms with E-state index >= 15 is 0 Å². The minimum atomic E-state index is -0.0736. The van der Waals surface area contributed by atoms with Crippen LogP contribution in [-0.4, -0.2) is 22.6 Å². The molecule has 0 aliphatic heterocycles. The van der Waals surface area contributed by atoms with Gasteiger partial charge in [-0.15, -0.1) is 0 Å². The second kappa shape index (κ2) is 8.51. The van der Waals surface area contributed by atoms with E-state index in [9.17, 15) is 4.79 Å². The SMILES string of the molecule is O=C(NCCCc1cn[nH]c1)c1cccc(C#Cc2ccccc2)c1. The zero-order valence-corrected chi connectivity index (χ0v) is 13.8. The molecule has 25 heavy (non-hydrogen) atoms. The number of aromatic amines is 1. The highest BCUT2D eigenvalue weighted by atomic mass is 16.1. The Balaban J connectivity index is 1.55. The van der Waals surface area contributed by atoms with E-state index in [-0.39, 0.29) is 5.91 Å². The Morgan fingerprint density at radius 1 is 1.04 bits per heavy atom. The maximum Gasteiger partial charge on any atom is 0.251 e. The van der Waals surface area contributed by atoms with Crippen LogP contribution in [0.5, 0.6) is 0 Å². The van der Waals surface area contributed by atoms with Gasteiger partial charge in [0.2, 0.25) is 0 Å². The van der Waals surface area contributed by atoms with Gasteiger partial charge in [-0.1, -0.05) is 36.1 Å². The smallest absolute Gasteiger partial charge is 0.251 e. The fourth-order valence-corrected chi connectivity index (χ4v) is 2.41. The number of aryl methyl sites for hydroxylation is 1. The average Bonchev–Trinajstić information content (AvgIpc) is 3.18. The van der Waals surface area contributed by atoms with Gasteiger partial charge in [0.25, 0.3) is 5.91 Å². The molecule has 0 aliphatic carbocycles. The molecule has 0 saturated heterocycles. The highest BCUT2D eigenvalue weighted by Crippen LogP contribution is 2.05. The van der Waals surface area contributed by atoms with Crippen LogP contribution >= 0.6 is 0 Å². The fraction of sp³-hybridized carbons (Fsp3) is 0.143. The van der Waals surface area contributed by atoms with Crippen molar-refractivity contribution in [3.8, 4) is 11.8 Å². The molecule has 2 N–H and O–H groups in total. The average molecular weight is 329 g/mol. The number of rotatable bonds is 5. The largest absolute Gasteiger partial charge is 0.352 e. The molecule has 124 valence electrons. The zero-order valence-electron chi connectivity index (χ0n) is 13.8. The molecule has 3 rings (SSSR count). The molecule has 1 heterocycles. The van der Waals surface area contributed by atoms with Crippen molar-refractivity contribution in [1.29, 1.82) is 0 Å². The Morgan fingerprint density at radius 3 is 2.64 bits per heavy atom. The van der Waals surface area contributed by atoms with Gasteiger partial charge in [-0.05, 0) is 48.7 Å². The van der Waals surface area contributed by atoms with E-state index in [0.717, 1.165) is 29.5 Å². The summed E-state index contributed by atoms with van der Waals surface area (Å²) in [5.41, 5.74) is 3.56. The molecule has 0 aliphatic rings. The van der Waals surface area contributed by atoms with E-state index in [1.165, 1.54) is 0 Å². The van der Waals surface area contributed by atoms with E-state index in [1.807, 2.05) is 54.7 Å². The predicted molar refractivity (Wildman–Crippen MR) is 98.1 cm³/mol. The first-order valence-corrected chi connectivity index (χ1v) is 8.24. The predicted octanol–water partition coefficient (Wildman–Crippen LogP) is 3.17. The molecule has 0 atom stereocenters. The molecule has 4 nitrogen and oxygen atoms in total. The van der Waals surface area contributed by atoms with Crippen LogP contribution in [0.3, 0.4) is 0 Å². The number of H-pyrrole nitrogens is 1. The van der Waals surface area contributed by atoms with Gasteiger partial charge >= 0.3 is 0 Å². The van der Waals surface area contributed by atoms with Crippen LogP contribution in [0.1, 0.15) is 33.5 Å². The van der Waals surface area contributed by atoms with E-state index < -0.39 is 0 Å². The number of hydrogen-bond donors (Lipinski definition) is 2. The highest BCUT2D eigenvalue weighted by Gasteiger charge is 2.05. The normalized spacial score (nSPS) is 9.92. The number of nitrogens with one attached hydrogen (secondary N) is 2. The van der Waals surface area contributed by atoms with Crippen LogP contribution in [-0.2, 0) is 6.42 Å². The van der Waals surface area contributed by atoms with Crippen LogP contribution in [0, 0.1) is 11.8 Å². The Labute approximate surface area is 147 Å². The molecule has 4 heteroatoms. The van der Waals surface area contributed by atoms with Crippen molar-refractivity contribution in [2.75, 3.05) is 6.54 Å². The molecule has 2 aromatic carbocycles. The third-order valence-corrected chi connectivity index (χ3v) is 3.73. The van der Waals surface area contributed by atoms with Crippen molar-refractivity contribution in [3.05, 3.63) is 89.2 Å². The summed E-state index contributed by atoms with van der Waals surface area (Å²) in [7, 11) is 0. The number of amides is 1. The van der Waals surface area contributed by atoms with Crippen molar-refractivity contribution in [1.82, 2.24) is 15.5 Å². The lowest BCUT2D eigenvalue weighted by atomic mass is 10.1. The van der Waals surface area contributed by atoms with Crippen LogP contribution in [0.15, 0.2) is 67.0 Å². The van der Waals surface area contributed by atoms with Crippen molar-refractivity contribution in [3.63, 3.8) is 0 Å². The molecule has 0 radical (unpaired) electrons. The molecule has 0 spiro atoms. The summed E-state index contributed by atoms with van der Waals surface area (Å²) in [5, 5.41) is 9.64. The number of hydrogen-bond acceptors (Lipinski definition) is 2. The van der Waals surface area contributed by atoms with Gasteiger partial charge in [-0.3, -0.25) is 9.89 Å². The molecule has 1 amide bonds. The second-order valence-electron chi connectivity index (χ2n) is 5.66. The molecular formula is C21H19N3O. The van der Waals surface area contributed by atoms with E-state index in [4.69, 9.17) is 0 Å². The first-order valence-electron chi connectivity index (χ1n) is 8.24. The van der Waals surface area contributed by atoms with Crippen LogP contribution < -0.4 is 5.32 Å². The second-order valence-corrected chi connectivity index (χ2v) is 5.66. The van der Waals surface area contributed by atoms with Crippen molar-refractivity contribution >= 4 is 5.91 Å². The first-order chi connectivity index (χ1) is 12.3. The first kappa shape index (κ1) is 16.5. The highest BCUT2D eigenvalue weighted by molar-refractivity contribution is 5.94. The van der Waals surface area contributed by atoms with Gasteiger partial charge in [0, 0.05) is 29.4 Å². The summed E-state index contributed by atoms with van der Waals surface area (Å²) < 4.78 is 0. The van der Waals surface area contributed by atoms with Crippen molar-refractivity contribution in [2.45, 2.75) is 12.8 Å². The Morgan fingerprint density at radius 2 is 1.84 bits per heavy atom. The standard InChI is InChI=1S/C21H19N3O/c25-21(22-13-5-9-19-15-23-24-16-19)20-10-4-8-18(14-20)12-11-17-6-2-1-3-7-17/h1-4,6-8,10,14-16H,5,9,13H2,(H,22,25)(H,23,24). The van der Waals surface area contributed by atoms with Gasteiger partial charge in [-0.25, -0.2) is 0 Å². The summed E-state index contributed by atoms with van der Waals surface area (Å²) in [4.78, 5) is 12.3. The van der Waals surface area contributed by atoms with Gasteiger partial charge in [0.15, 0.2) is 0 Å². The Kier molecular flexibility index (Phi) is 5.63. The zero-order chi connectivity index (χ0) is 17.3. The molecule has 0 bridgehead atoms. The molecule has 0 saturated carbocycles. The third-order valence-electron chi connectivity index (χ3n) is 3.73. The molecule has 0 fully saturated rings. The maximum atomic E-state index is 12.3. The maximum absolute atomic E-state index is 12.3. The summed E-state index contributed by atoms with van der Waals surface area (Å²) in [6.07, 6.45) is 5.44. The summed E-state index contributed by atoms with van der Waals surface area (Å²) in [6.45, 7) is 0.629. The van der Waals surface area contributed by atoms with Crippen LogP contribution in [0.2, 0.25) is 0 Å². The molecule has 3 aromatic rings. The quantitative estimate of drug-likeness (QED) is 0.558. The number of carbonyl (C=O) groups is 1. The lowest BCUT2D eigenvalue weighted by Crippen LogP contribution is -2.24. The molecular weight excluding hydrogens is 310 g/mol. The topological polar surface area (TPSA) is 57.8 Å². The van der Waals surface area contributed by atoms with E-state index in [1.54, 1.807) is 12.3 Å². The number of nitrogens with zero attached hydrogens (tertiary/aromatic N) is 1. The Hall–Kier alpha value is -3.32. The van der Waals surface area contributed by atoms with Crippen LogP contribution in [0.4, 0.5) is 0 Å². The number of benzene rings is 2. The van der Waals surface area contributed by atoms with Crippen molar-refractivity contribution in [2.24, 2.45) is 0 Å². The summed E-state index contributed by atoms with van der Waals surface area (Å²) >= 11 is 0. The lowest BCUT2D eigenvalue weighted by molar-refractivity contribution is 0.0953. The Bertz CT molecular complexity index is 874. The van der Waals surface area contributed by atoms with E-state index in [0.29, 0.717) is 12.1 Å². The van der Waals surface area contributed by atoms with E-state index in [2.05, 4.69) is 27.4 Å². The third kappa shape index (κ3) is 5.08. The van der Waals surface area contributed by atoms with Crippen LogP contribution in [0.25, 0.3) is 0 Å². The minimum absolute atomic E-state index is 0.0736. The van der Waals surface area contributed by atoms with Gasteiger partial charge in [0.1, 0.15) is 0 Å². The van der Waals surface area contributed by atoms with Gasteiger partial charge in [-0.2, -0.15) is 5.10 Å². The number of aromatic nitrogens is 2. The fourth-order valence-electron chi connectivity index (χ4n) is 2.41.